The number of nitrogens with zero attached hydrogens (tertiary/aromatic N) is 3. The Hall–Kier alpha value is -3.27. The zero-order valence-corrected chi connectivity index (χ0v) is 13.7. The number of rotatable bonds is 6. The first kappa shape index (κ1) is 16.6. The predicted molar refractivity (Wildman–Crippen MR) is 88.4 cm³/mol. The molecule has 2 heterocycles. The zero-order valence-electron chi connectivity index (χ0n) is 13.7. The number of hydrogen-bond acceptors (Lipinski definition) is 6. The highest BCUT2D eigenvalue weighted by Crippen LogP contribution is 2.20. The number of methoxy groups -OCH3 is 1. The summed E-state index contributed by atoms with van der Waals surface area (Å²) in [6, 6.07) is 12.4. The first-order valence-electron chi connectivity index (χ1n) is 7.75. The third-order valence-electron chi connectivity index (χ3n) is 3.76. The second kappa shape index (κ2) is 7.53. The van der Waals surface area contributed by atoms with E-state index in [4.69, 9.17) is 19.5 Å². The molecule has 128 valence electrons. The van der Waals surface area contributed by atoms with Crippen LogP contribution in [0.25, 0.3) is 0 Å². The number of carbonyl (C=O) groups is 1. The molecule has 7 nitrogen and oxygen atoms in total. The third-order valence-corrected chi connectivity index (χ3v) is 3.76. The Morgan fingerprint density at radius 3 is 2.80 bits per heavy atom. The summed E-state index contributed by atoms with van der Waals surface area (Å²) in [4.78, 5) is 17.8. The van der Waals surface area contributed by atoms with E-state index in [-0.39, 0.29) is 18.6 Å². The molecule has 0 unspecified atom stereocenters. The van der Waals surface area contributed by atoms with Gasteiger partial charge in [-0.2, -0.15) is 5.26 Å². The number of benzene rings is 1. The van der Waals surface area contributed by atoms with E-state index in [9.17, 15) is 4.79 Å². The molecule has 0 aliphatic carbocycles. The fourth-order valence-electron chi connectivity index (χ4n) is 2.33. The van der Waals surface area contributed by atoms with Crippen LogP contribution in [-0.4, -0.2) is 48.7 Å². The Balaban J connectivity index is 1.42. The van der Waals surface area contributed by atoms with E-state index in [0.29, 0.717) is 36.0 Å². The number of aromatic nitrogens is 1. The van der Waals surface area contributed by atoms with Gasteiger partial charge in [-0.15, -0.1) is 0 Å². The molecule has 1 aliphatic rings. The molecule has 1 aromatic carbocycles. The zero-order chi connectivity index (χ0) is 17.6. The van der Waals surface area contributed by atoms with Crippen LogP contribution in [0.3, 0.4) is 0 Å². The van der Waals surface area contributed by atoms with E-state index in [1.807, 2.05) is 12.1 Å². The predicted octanol–water partition coefficient (Wildman–Crippen LogP) is 1.63. The Bertz CT molecular complexity index is 780. The minimum Gasteiger partial charge on any atom is -0.497 e. The van der Waals surface area contributed by atoms with Gasteiger partial charge in [0.25, 0.3) is 5.91 Å². The summed E-state index contributed by atoms with van der Waals surface area (Å²) >= 11 is 0. The summed E-state index contributed by atoms with van der Waals surface area (Å²) in [5, 5.41) is 8.73. The maximum atomic E-state index is 12.1. The average Bonchev–Trinajstić information content (AvgIpc) is 2.63. The van der Waals surface area contributed by atoms with Crippen LogP contribution in [0.1, 0.15) is 5.56 Å². The lowest BCUT2D eigenvalue weighted by Gasteiger charge is -2.38. The molecule has 0 atom stereocenters. The van der Waals surface area contributed by atoms with E-state index in [1.165, 1.54) is 6.20 Å². The molecule has 3 rings (SSSR count). The van der Waals surface area contributed by atoms with Crippen LogP contribution in [0, 0.1) is 11.3 Å². The van der Waals surface area contributed by atoms with Crippen molar-refractivity contribution in [3.05, 3.63) is 48.2 Å². The van der Waals surface area contributed by atoms with E-state index < -0.39 is 0 Å². The van der Waals surface area contributed by atoms with Crippen molar-refractivity contribution in [2.45, 2.75) is 6.10 Å². The van der Waals surface area contributed by atoms with Crippen molar-refractivity contribution in [2.75, 3.05) is 26.8 Å². The monoisotopic (exact) mass is 339 g/mol. The van der Waals surface area contributed by atoms with E-state index >= 15 is 0 Å². The minimum atomic E-state index is -0.101. The highest BCUT2D eigenvalue weighted by atomic mass is 16.5. The topological polar surface area (TPSA) is 84.7 Å². The Morgan fingerprint density at radius 1 is 1.32 bits per heavy atom. The molecular formula is C18H17N3O4. The van der Waals surface area contributed by atoms with Crippen molar-refractivity contribution < 1.29 is 19.0 Å². The Labute approximate surface area is 145 Å². The first-order chi connectivity index (χ1) is 12.2. The van der Waals surface area contributed by atoms with Crippen LogP contribution >= 0.6 is 0 Å². The molecule has 0 bridgehead atoms. The molecule has 0 N–H and O–H groups in total. The van der Waals surface area contributed by atoms with Gasteiger partial charge >= 0.3 is 0 Å². The normalized spacial score (nSPS) is 13.5. The molecule has 0 radical (unpaired) electrons. The summed E-state index contributed by atoms with van der Waals surface area (Å²) in [5.41, 5.74) is 0.479. The van der Waals surface area contributed by atoms with E-state index in [1.54, 1.807) is 42.3 Å². The van der Waals surface area contributed by atoms with E-state index in [2.05, 4.69) is 4.98 Å². The summed E-state index contributed by atoms with van der Waals surface area (Å²) in [5.74, 6) is 1.61. The molecule has 0 spiro atoms. The summed E-state index contributed by atoms with van der Waals surface area (Å²) < 4.78 is 16.3. The third kappa shape index (κ3) is 4.18. The number of carbonyl (C=O) groups excluding carboxylic acids is 1. The van der Waals surface area contributed by atoms with Crippen LogP contribution < -0.4 is 14.2 Å². The van der Waals surface area contributed by atoms with Gasteiger partial charge in [0, 0.05) is 18.3 Å². The van der Waals surface area contributed by atoms with Crippen LogP contribution in [0.2, 0.25) is 0 Å². The molecule has 1 aromatic heterocycles. The van der Waals surface area contributed by atoms with Gasteiger partial charge in [0.2, 0.25) is 5.88 Å². The molecule has 1 saturated heterocycles. The van der Waals surface area contributed by atoms with Gasteiger partial charge in [-0.3, -0.25) is 4.79 Å². The number of amides is 1. The fraction of sp³-hybridized carbons (Fsp3) is 0.278. The molecule has 1 aliphatic heterocycles. The lowest BCUT2D eigenvalue weighted by atomic mass is 10.1. The fourth-order valence-corrected chi connectivity index (χ4v) is 2.33. The van der Waals surface area contributed by atoms with E-state index in [0.717, 1.165) is 0 Å². The van der Waals surface area contributed by atoms with Gasteiger partial charge in [0.05, 0.1) is 25.8 Å². The number of pyridine rings is 1. The van der Waals surface area contributed by atoms with Crippen molar-refractivity contribution >= 4 is 5.91 Å². The van der Waals surface area contributed by atoms with Gasteiger partial charge in [-0.05, 0) is 18.2 Å². The lowest BCUT2D eigenvalue weighted by molar-refractivity contribution is -0.142. The molecule has 2 aromatic rings. The van der Waals surface area contributed by atoms with Crippen molar-refractivity contribution in [3.63, 3.8) is 0 Å². The van der Waals surface area contributed by atoms with Gasteiger partial charge in [-0.25, -0.2) is 4.98 Å². The average molecular weight is 339 g/mol. The van der Waals surface area contributed by atoms with Gasteiger partial charge in [0.15, 0.2) is 6.61 Å². The summed E-state index contributed by atoms with van der Waals surface area (Å²) in [6.45, 7) is 0.943. The van der Waals surface area contributed by atoms with Crippen LogP contribution in [0.5, 0.6) is 17.4 Å². The van der Waals surface area contributed by atoms with Crippen LogP contribution in [0.4, 0.5) is 0 Å². The Morgan fingerprint density at radius 2 is 2.12 bits per heavy atom. The van der Waals surface area contributed by atoms with Gasteiger partial charge in [-0.1, -0.05) is 6.07 Å². The molecule has 1 fully saturated rings. The summed E-state index contributed by atoms with van der Waals surface area (Å²) in [7, 11) is 1.58. The molecule has 0 saturated carbocycles. The maximum Gasteiger partial charge on any atom is 0.260 e. The smallest absolute Gasteiger partial charge is 0.260 e. The van der Waals surface area contributed by atoms with Crippen LogP contribution in [-0.2, 0) is 4.79 Å². The van der Waals surface area contributed by atoms with Crippen molar-refractivity contribution in [3.8, 4) is 23.4 Å². The lowest BCUT2D eigenvalue weighted by Crippen LogP contribution is -2.57. The standard InChI is InChI=1S/C18H17N3O4/c1-23-14-3-2-4-15(7-14)24-12-18(22)21-10-16(11-21)25-17-6-5-13(8-19)9-20-17/h2-7,9,16H,10-12H2,1H3. The van der Waals surface area contributed by atoms with Crippen molar-refractivity contribution in [2.24, 2.45) is 0 Å². The quantitative estimate of drug-likeness (QED) is 0.795. The molecule has 7 heteroatoms. The number of likely N-dealkylation sites (tertiary alicyclic amines) is 1. The number of hydrogen-bond donors (Lipinski definition) is 0. The SMILES string of the molecule is COc1cccc(OCC(=O)N2CC(Oc3ccc(C#N)cn3)C2)c1. The highest BCUT2D eigenvalue weighted by molar-refractivity contribution is 5.78. The van der Waals surface area contributed by atoms with Gasteiger partial charge in [0.1, 0.15) is 23.7 Å². The number of ether oxygens (including phenoxy) is 3. The second-order valence-electron chi connectivity index (χ2n) is 5.50. The largest absolute Gasteiger partial charge is 0.497 e. The molecule has 1 amide bonds. The maximum absolute atomic E-state index is 12.1. The first-order valence-corrected chi connectivity index (χ1v) is 7.75. The summed E-state index contributed by atoms with van der Waals surface area (Å²) in [6.07, 6.45) is 1.36. The van der Waals surface area contributed by atoms with Crippen LogP contribution in [0.15, 0.2) is 42.6 Å². The minimum absolute atomic E-state index is 0.0327. The second-order valence-corrected chi connectivity index (χ2v) is 5.50. The Kier molecular flexibility index (Phi) is 5.00. The van der Waals surface area contributed by atoms with Crippen molar-refractivity contribution in [1.29, 1.82) is 5.26 Å². The van der Waals surface area contributed by atoms with Gasteiger partial charge < -0.3 is 19.1 Å². The highest BCUT2D eigenvalue weighted by Gasteiger charge is 2.32. The van der Waals surface area contributed by atoms with Crippen molar-refractivity contribution in [1.82, 2.24) is 9.88 Å². The number of nitriles is 1. The molecular weight excluding hydrogens is 322 g/mol. The molecule has 25 heavy (non-hydrogen) atoms.